The fourth-order valence-electron chi connectivity index (χ4n) is 2.49. The number of hydrogen-bond donors (Lipinski definition) is 2. The largest absolute Gasteiger partial charge is 0.497 e. The molecule has 136 valence electrons. The lowest BCUT2D eigenvalue weighted by Gasteiger charge is -2.13. The van der Waals surface area contributed by atoms with Gasteiger partial charge in [-0.1, -0.05) is 6.92 Å². The summed E-state index contributed by atoms with van der Waals surface area (Å²) in [7, 11) is 5.14. The lowest BCUT2D eigenvalue weighted by molar-refractivity contribution is 0.398. The lowest BCUT2D eigenvalue weighted by Crippen LogP contribution is -2.37. The Morgan fingerprint density at radius 3 is 2.52 bits per heavy atom. The van der Waals surface area contributed by atoms with Crippen LogP contribution in [0.1, 0.15) is 22.2 Å². The van der Waals surface area contributed by atoms with Crippen LogP contribution in [0, 0.1) is 0 Å². The van der Waals surface area contributed by atoms with Gasteiger partial charge in [0, 0.05) is 23.3 Å². The quantitative estimate of drug-likeness (QED) is 0.560. The Morgan fingerprint density at radius 2 is 1.88 bits per heavy atom. The van der Waals surface area contributed by atoms with E-state index in [9.17, 15) is 0 Å². The smallest absolute Gasteiger partial charge is 0.191 e. The monoisotopic (exact) mass is 361 g/mol. The van der Waals surface area contributed by atoms with Gasteiger partial charge in [-0.15, -0.1) is 11.3 Å². The molecule has 1 aromatic carbocycles. The van der Waals surface area contributed by atoms with Crippen molar-refractivity contribution in [2.45, 2.75) is 26.3 Å². The van der Waals surface area contributed by atoms with Crippen molar-refractivity contribution in [3.05, 3.63) is 45.6 Å². The van der Waals surface area contributed by atoms with Crippen LogP contribution in [0.4, 0.5) is 0 Å². The zero-order valence-corrected chi connectivity index (χ0v) is 16.2. The highest BCUT2D eigenvalue weighted by Crippen LogP contribution is 2.24. The van der Waals surface area contributed by atoms with Crippen molar-refractivity contribution in [1.82, 2.24) is 10.6 Å². The van der Waals surface area contributed by atoms with E-state index in [1.54, 1.807) is 21.3 Å². The fourth-order valence-corrected chi connectivity index (χ4v) is 3.39. The molecule has 2 aromatic rings. The molecule has 25 heavy (non-hydrogen) atoms. The Labute approximate surface area is 154 Å². The summed E-state index contributed by atoms with van der Waals surface area (Å²) in [5.74, 6) is 2.51. The molecule has 6 heteroatoms. The number of methoxy groups -OCH3 is 2. The molecule has 2 rings (SSSR count). The Hall–Kier alpha value is -2.21. The van der Waals surface area contributed by atoms with E-state index in [0.717, 1.165) is 49.0 Å². The van der Waals surface area contributed by atoms with Crippen LogP contribution in [0.25, 0.3) is 0 Å². The van der Waals surface area contributed by atoms with Crippen molar-refractivity contribution < 1.29 is 9.47 Å². The summed E-state index contributed by atoms with van der Waals surface area (Å²) in [5.41, 5.74) is 1.11. The van der Waals surface area contributed by atoms with Crippen LogP contribution >= 0.6 is 11.3 Å². The third-order valence-electron chi connectivity index (χ3n) is 3.89. The summed E-state index contributed by atoms with van der Waals surface area (Å²) in [5, 5.41) is 6.70. The number of guanidine groups is 1. The summed E-state index contributed by atoms with van der Waals surface area (Å²) in [4.78, 5) is 7.00. The molecule has 0 fully saturated rings. The van der Waals surface area contributed by atoms with Crippen molar-refractivity contribution in [1.29, 1.82) is 0 Å². The van der Waals surface area contributed by atoms with Crippen LogP contribution in [0.15, 0.2) is 35.3 Å². The molecule has 0 spiro atoms. The number of benzene rings is 1. The second-order valence-corrected chi connectivity index (χ2v) is 6.75. The van der Waals surface area contributed by atoms with Crippen molar-refractivity contribution in [2.24, 2.45) is 4.99 Å². The van der Waals surface area contributed by atoms with Gasteiger partial charge >= 0.3 is 0 Å². The number of aliphatic imine (C=N–C) groups is 1. The van der Waals surface area contributed by atoms with Gasteiger partial charge in [-0.25, -0.2) is 0 Å². The van der Waals surface area contributed by atoms with Gasteiger partial charge in [-0.2, -0.15) is 0 Å². The summed E-state index contributed by atoms with van der Waals surface area (Å²) < 4.78 is 10.7. The van der Waals surface area contributed by atoms with Gasteiger partial charge in [0.25, 0.3) is 0 Å². The highest BCUT2D eigenvalue weighted by molar-refractivity contribution is 7.11. The second kappa shape index (κ2) is 9.93. The van der Waals surface area contributed by atoms with Crippen LogP contribution in [-0.2, 0) is 19.4 Å². The molecule has 0 bridgehead atoms. The average Bonchev–Trinajstić information content (AvgIpc) is 3.12. The van der Waals surface area contributed by atoms with Crippen molar-refractivity contribution in [2.75, 3.05) is 27.8 Å². The number of nitrogens with one attached hydrogen (secondary N) is 2. The molecular formula is C19H27N3O2S. The third-order valence-corrected chi connectivity index (χ3v) is 5.12. The maximum atomic E-state index is 5.42. The minimum Gasteiger partial charge on any atom is -0.497 e. The highest BCUT2D eigenvalue weighted by Gasteiger charge is 2.06. The molecule has 0 atom stereocenters. The number of hydrogen-bond acceptors (Lipinski definition) is 4. The zero-order valence-electron chi connectivity index (χ0n) is 15.4. The van der Waals surface area contributed by atoms with E-state index in [-0.39, 0.29) is 0 Å². The third kappa shape index (κ3) is 5.67. The van der Waals surface area contributed by atoms with Crippen LogP contribution < -0.4 is 20.1 Å². The van der Waals surface area contributed by atoms with Crippen LogP contribution in [-0.4, -0.2) is 33.8 Å². The maximum Gasteiger partial charge on any atom is 0.191 e. The molecule has 0 aliphatic heterocycles. The van der Waals surface area contributed by atoms with E-state index in [2.05, 4.69) is 34.7 Å². The van der Waals surface area contributed by atoms with Crippen molar-refractivity contribution in [3.8, 4) is 11.5 Å². The normalized spacial score (nSPS) is 11.3. The minimum atomic E-state index is 0.758. The standard InChI is InChI=1S/C19H27N3O2S/c1-5-16-7-8-17(25-16)13-22-19(20-2)21-11-10-14-12-15(23-3)6-9-18(14)24-4/h6-9,12H,5,10-11,13H2,1-4H3,(H2,20,21,22). The number of nitrogens with zero attached hydrogens (tertiary/aromatic N) is 1. The molecule has 2 N–H and O–H groups in total. The first-order valence-corrected chi connectivity index (χ1v) is 9.24. The lowest BCUT2D eigenvalue weighted by atomic mass is 10.1. The number of aryl methyl sites for hydroxylation is 1. The van der Waals surface area contributed by atoms with Gasteiger partial charge in [0.05, 0.1) is 20.8 Å². The van der Waals surface area contributed by atoms with Gasteiger partial charge < -0.3 is 20.1 Å². The average molecular weight is 362 g/mol. The SMILES string of the molecule is CCc1ccc(CNC(=NC)NCCc2cc(OC)ccc2OC)s1. The van der Waals surface area contributed by atoms with E-state index in [0.29, 0.717) is 0 Å². The molecule has 0 saturated heterocycles. The van der Waals surface area contributed by atoms with Crippen molar-refractivity contribution in [3.63, 3.8) is 0 Å². The molecule has 0 radical (unpaired) electrons. The van der Waals surface area contributed by atoms with E-state index in [1.807, 2.05) is 29.5 Å². The van der Waals surface area contributed by atoms with E-state index < -0.39 is 0 Å². The summed E-state index contributed by atoms with van der Waals surface area (Å²) >= 11 is 1.84. The first-order chi connectivity index (χ1) is 12.2. The molecular weight excluding hydrogens is 334 g/mol. The molecule has 1 heterocycles. The number of rotatable bonds is 8. The molecule has 0 aliphatic carbocycles. The predicted molar refractivity (Wildman–Crippen MR) is 105 cm³/mol. The van der Waals surface area contributed by atoms with Crippen molar-refractivity contribution >= 4 is 17.3 Å². The molecule has 0 amide bonds. The molecule has 5 nitrogen and oxygen atoms in total. The first-order valence-electron chi connectivity index (χ1n) is 8.43. The highest BCUT2D eigenvalue weighted by atomic mass is 32.1. The summed E-state index contributed by atoms with van der Waals surface area (Å²) in [6.07, 6.45) is 1.90. The minimum absolute atomic E-state index is 0.758. The predicted octanol–water partition coefficient (Wildman–Crippen LogP) is 3.24. The fraction of sp³-hybridized carbons (Fsp3) is 0.421. The van der Waals surface area contributed by atoms with Crippen LogP contribution in [0.2, 0.25) is 0 Å². The maximum absolute atomic E-state index is 5.42. The van der Waals surface area contributed by atoms with Crippen LogP contribution in [0.3, 0.4) is 0 Å². The summed E-state index contributed by atoms with van der Waals surface area (Å²) in [6, 6.07) is 10.2. The number of thiophene rings is 1. The molecule has 0 saturated carbocycles. The van der Waals surface area contributed by atoms with E-state index in [4.69, 9.17) is 9.47 Å². The van der Waals surface area contributed by atoms with E-state index >= 15 is 0 Å². The van der Waals surface area contributed by atoms with Gasteiger partial charge in [0.1, 0.15) is 11.5 Å². The van der Waals surface area contributed by atoms with Gasteiger partial charge in [0.2, 0.25) is 0 Å². The molecule has 0 unspecified atom stereocenters. The zero-order chi connectivity index (χ0) is 18.1. The Balaban J connectivity index is 1.84. The molecule has 0 aliphatic rings. The van der Waals surface area contributed by atoms with E-state index in [1.165, 1.54) is 9.75 Å². The Bertz CT molecular complexity index is 698. The topological polar surface area (TPSA) is 54.9 Å². The first kappa shape index (κ1) is 19.1. The molecule has 1 aromatic heterocycles. The second-order valence-electron chi connectivity index (χ2n) is 5.50. The van der Waals surface area contributed by atoms with Crippen LogP contribution in [0.5, 0.6) is 11.5 Å². The van der Waals surface area contributed by atoms with Gasteiger partial charge in [0.15, 0.2) is 5.96 Å². The van der Waals surface area contributed by atoms with Gasteiger partial charge in [-0.3, -0.25) is 4.99 Å². The van der Waals surface area contributed by atoms with Gasteiger partial charge in [-0.05, 0) is 48.7 Å². The summed E-state index contributed by atoms with van der Waals surface area (Å²) in [6.45, 7) is 3.72. The Morgan fingerprint density at radius 1 is 1.08 bits per heavy atom. The number of ether oxygens (including phenoxy) is 2. The Kier molecular flexibility index (Phi) is 7.60.